The van der Waals surface area contributed by atoms with Gasteiger partial charge < -0.3 is 19.3 Å². The molecule has 33 heavy (non-hydrogen) atoms. The molecule has 172 valence electrons. The highest BCUT2D eigenvalue weighted by atomic mass is 32.2. The second kappa shape index (κ2) is 10.6. The first-order valence-electron chi connectivity index (χ1n) is 10.4. The summed E-state index contributed by atoms with van der Waals surface area (Å²) in [5.41, 5.74) is 2.50. The fourth-order valence-corrected chi connectivity index (χ4v) is 5.39. The van der Waals surface area contributed by atoms with Crippen molar-refractivity contribution in [3.8, 4) is 0 Å². The van der Waals surface area contributed by atoms with Crippen molar-refractivity contribution in [2.45, 2.75) is 9.79 Å². The first-order valence-corrected chi connectivity index (χ1v) is 12.7. The van der Waals surface area contributed by atoms with Gasteiger partial charge in [0.05, 0.1) is 69.3 Å². The highest BCUT2D eigenvalue weighted by Gasteiger charge is 2.24. The Kier molecular flexibility index (Phi) is 7.62. The molecule has 2 heterocycles. The van der Waals surface area contributed by atoms with E-state index < -0.39 is 9.84 Å². The lowest BCUT2D eigenvalue weighted by atomic mass is 10.2. The molecule has 2 aliphatic rings. The van der Waals surface area contributed by atoms with E-state index in [1.807, 2.05) is 0 Å². The zero-order valence-corrected chi connectivity index (χ0v) is 20.2. The number of anilines is 2. The Hall–Kier alpha value is -2.49. The van der Waals surface area contributed by atoms with E-state index in [0.717, 1.165) is 11.4 Å². The van der Waals surface area contributed by atoms with Crippen LogP contribution in [0.4, 0.5) is 22.7 Å². The van der Waals surface area contributed by atoms with Gasteiger partial charge in [-0.3, -0.25) is 0 Å². The van der Waals surface area contributed by atoms with Crippen LogP contribution in [0.15, 0.2) is 56.2 Å². The molecule has 2 saturated heterocycles. The zero-order chi connectivity index (χ0) is 23.3. The van der Waals surface area contributed by atoms with Crippen LogP contribution in [0.1, 0.15) is 0 Å². The maximum atomic E-state index is 13.5. The number of sulfone groups is 1. The normalized spacial score (nSPS) is 16.6. The van der Waals surface area contributed by atoms with Gasteiger partial charge in [0.25, 0.3) is 0 Å². The Bertz CT molecular complexity index is 1140. The number of ether oxygens (including phenoxy) is 2. The molecular weight excluding hydrogens is 480 g/mol. The Morgan fingerprint density at radius 3 is 1.48 bits per heavy atom. The third-order valence-corrected chi connectivity index (χ3v) is 7.48. The lowest BCUT2D eigenvalue weighted by Gasteiger charge is -2.30. The topological polar surface area (TPSA) is 83.8 Å². The molecule has 0 N–H and O–H groups in total. The van der Waals surface area contributed by atoms with Gasteiger partial charge >= 0.3 is 0 Å². The Labute approximate surface area is 203 Å². The molecule has 0 unspecified atom stereocenters. The molecule has 0 radical (unpaired) electrons. The van der Waals surface area contributed by atoms with E-state index in [1.54, 1.807) is 24.3 Å². The van der Waals surface area contributed by atoms with Crippen LogP contribution in [-0.4, -0.2) is 71.3 Å². The molecule has 11 heteroatoms. The number of aliphatic imine (C=N–C) groups is 2. The van der Waals surface area contributed by atoms with Gasteiger partial charge in [-0.15, -0.1) is 0 Å². The van der Waals surface area contributed by atoms with Crippen LogP contribution in [0.3, 0.4) is 0 Å². The van der Waals surface area contributed by atoms with E-state index in [0.29, 0.717) is 64.0 Å². The van der Waals surface area contributed by atoms with Gasteiger partial charge in [-0.1, -0.05) is 0 Å². The lowest BCUT2D eigenvalue weighted by Crippen LogP contribution is -2.36. The van der Waals surface area contributed by atoms with Gasteiger partial charge in [0.2, 0.25) is 9.84 Å². The second-order valence-electron chi connectivity index (χ2n) is 7.41. The molecule has 4 rings (SSSR count). The number of isothiocyanates is 2. The summed E-state index contributed by atoms with van der Waals surface area (Å²) in [6.45, 7) is 5.14. The fourth-order valence-electron chi connectivity index (χ4n) is 3.90. The predicted octanol–water partition coefficient (Wildman–Crippen LogP) is 3.66. The second-order valence-corrected chi connectivity index (χ2v) is 9.72. The maximum absolute atomic E-state index is 13.5. The zero-order valence-electron chi connectivity index (χ0n) is 17.8. The first-order chi connectivity index (χ1) is 16.0. The van der Waals surface area contributed by atoms with Gasteiger partial charge in [-0.25, -0.2) is 8.42 Å². The van der Waals surface area contributed by atoms with E-state index in [2.05, 4.69) is 30.1 Å². The number of benzene rings is 2. The van der Waals surface area contributed by atoms with Gasteiger partial charge in [0.15, 0.2) is 0 Å². The third-order valence-electron chi connectivity index (χ3n) is 5.55. The highest BCUT2D eigenvalue weighted by Crippen LogP contribution is 2.36. The summed E-state index contributed by atoms with van der Waals surface area (Å²) in [5, 5.41) is 4.71. The summed E-state index contributed by atoms with van der Waals surface area (Å²) in [6.07, 6.45) is 0. The van der Waals surface area contributed by atoms with Crippen molar-refractivity contribution in [2.75, 3.05) is 62.4 Å². The predicted molar refractivity (Wildman–Crippen MR) is 134 cm³/mol. The molecule has 2 aromatic carbocycles. The monoisotopic (exact) mass is 502 g/mol. The summed E-state index contributed by atoms with van der Waals surface area (Å²) >= 11 is 9.59. The molecule has 8 nitrogen and oxygen atoms in total. The summed E-state index contributed by atoms with van der Waals surface area (Å²) in [4.78, 5) is 12.7. The third kappa shape index (κ3) is 5.20. The van der Waals surface area contributed by atoms with Crippen LogP contribution >= 0.6 is 24.4 Å². The highest BCUT2D eigenvalue weighted by molar-refractivity contribution is 7.91. The Morgan fingerprint density at radius 2 is 1.12 bits per heavy atom. The standard InChI is InChI=1S/C22H22N4O4S3/c27-33(28,17-1-3-21(19(13-17)23-15-31)25-5-9-29-10-6-25)18-2-4-22(20(14-18)24-16-32)26-7-11-30-12-8-26/h1-4,13-14H,5-12H2. The number of morpholine rings is 2. The van der Waals surface area contributed by atoms with Crippen molar-refractivity contribution in [3.05, 3.63) is 36.4 Å². The molecule has 2 aromatic rings. The van der Waals surface area contributed by atoms with E-state index >= 15 is 0 Å². The van der Waals surface area contributed by atoms with Crippen LogP contribution in [0.25, 0.3) is 0 Å². The number of hydrogen-bond acceptors (Lipinski definition) is 10. The minimum atomic E-state index is -3.85. The molecular formula is C22H22N4O4S3. The average molecular weight is 503 g/mol. The summed E-state index contributed by atoms with van der Waals surface area (Å²) in [7, 11) is -3.85. The quantitative estimate of drug-likeness (QED) is 0.437. The van der Waals surface area contributed by atoms with E-state index in [9.17, 15) is 8.42 Å². The van der Waals surface area contributed by atoms with Crippen molar-refractivity contribution in [3.63, 3.8) is 0 Å². The minimum Gasteiger partial charge on any atom is -0.378 e. The molecule has 2 fully saturated rings. The summed E-state index contributed by atoms with van der Waals surface area (Å²) in [6, 6.07) is 9.72. The van der Waals surface area contributed by atoms with Crippen LogP contribution in [-0.2, 0) is 19.3 Å². The molecule has 0 amide bonds. The number of hydrogen-bond donors (Lipinski definition) is 0. The van der Waals surface area contributed by atoms with Crippen LogP contribution < -0.4 is 9.80 Å². The molecule has 0 aromatic heterocycles. The van der Waals surface area contributed by atoms with Crippen LogP contribution in [0, 0.1) is 0 Å². The van der Waals surface area contributed by atoms with Gasteiger partial charge in [-0.2, -0.15) is 9.98 Å². The van der Waals surface area contributed by atoms with Gasteiger partial charge in [-0.05, 0) is 60.8 Å². The van der Waals surface area contributed by atoms with E-state index in [1.165, 1.54) is 12.1 Å². The minimum absolute atomic E-state index is 0.111. The Morgan fingerprint density at radius 1 is 0.727 bits per heavy atom. The largest absolute Gasteiger partial charge is 0.378 e. The first kappa shape index (κ1) is 23.7. The molecule has 0 spiro atoms. The van der Waals surface area contributed by atoms with Crippen molar-refractivity contribution in [1.29, 1.82) is 0 Å². The smallest absolute Gasteiger partial charge is 0.206 e. The van der Waals surface area contributed by atoms with Crippen LogP contribution in [0.2, 0.25) is 0 Å². The number of nitrogens with zero attached hydrogens (tertiary/aromatic N) is 4. The number of thiocarbonyl (C=S) groups is 2. The van der Waals surface area contributed by atoms with E-state index in [4.69, 9.17) is 33.9 Å². The van der Waals surface area contributed by atoms with Crippen molar-refractivity contribution in [1.82, 2.24) is 0 Å². The maximum Gasteiger partial charge on any atom is 0.206 e. The van der Waals surface area contributed by atoms with Gasteiger partial charge in [0.1, 0.15) is 0 Å². The molecule has 0 atom stereocenters. The summed E-state index contributed by atoms with van der Waals surface area (Å²) < 4.78 is 37.8. The molecule has 2 aliphatic heterocycles. The summed E-state index contributed by atoms with van der Waals surface area (Å²) in [5.74, 6) is 0. The lowest BCUT2D eigenvalue weighted by molar-refractivity contribution is 0.122. The SMILES string of the molecule is O=S(=O)(c1ccc(N2CCOCC2)c(N=C=S)c1)c1ccc(N2CCOCC2)c(N=C=S)c1. The van der Waals surface area contributed by atoms with E-state index in [-0.39, 0.29) is 9.79 Å². The molecule has 0 aliphatic carbocycles. The van der Waals surface area contributed by atoms with Crippen molar-refractivity contribution < 1.29 is 17.9 Å². The average Bonchev–Trinajstić information content (AvgIpc) is 2.85. The van der Waals surface area contributed by atoms with Crippen molar-refractivity contribution in [2.24, 2.45) is 9.98 Å². The molecule has 0 saturated carbocycles. The number of rotatable bonds is 6. The van der Waals surface area contributed by atoms with Gasteiger partial charge in [0, 0.05) is 26.2 Å². The van der Waals surface area contributed by atoms with Crippen molar-refractivity contribution >= 4 is 67.3 Å². The van der Waals surface area contributed by atoms with Crippen LogP contribution in [0.5, 0.6) is 0 Å². The Balaban J connectivity index is 1.72. The molecule has 0 bridgehead atoms. The fraction of sp³-hybridized carbons (Fsp3) is 0.364.